The molecule has 2 aliphatic rings. The third-order valence-corrected chi connectivity index (χ3v) is 6.32. The zero-order valence-corrected chi connectivity index (χ0v) is 18.7. The highest BCUT2D eigenvalue weighted by atomic mass is 19.4. The molecule has 7 heteroatoms. The Morgan fingerprint density at radius 3 is 2.06 bits per heavy atom. The summed E-state index contributed by atoms with van der Waals surface area (Å²) in [5, 5.41) is 0. The molecule has 0 bridgehead atoms. The molecule has 168 valence electrons. The van der Waals surface area contributed by atoms with Crippen molar-refractivity contribution in [2.24, 2.45) is 0 Å². The van der Waals surface area contributed by atoms with E-state index in [9.17, 15) is 13.2 Å². The smallest absolute Gasteiger partial charge is 0.416 e. The minimum atomic E-state index is -4.31. The number of fused-ring (bicyclic) bond motifs is 1. The van der Waals surface area contributed by atoms with Gasteiger partial charge in [-0.1, -0.05) is 0 Å². The molecule has 2 heterocycles. The minimum absolute atomic E-state index is 0.257. The first kappa shape index (κ1) is 21.7. The van der Waals surface area contributed by atoms with Crippen LogP contribution in [0.2, 0.25) is 0 Å². The van der Waals surface area contributed by atoms with Crippen LogP contribution in [0.1, 0.15) is 36.1 Å². The molecule has 0 saturated carbocycles. The van der Waals surface area contributed by atoms with Crippen molar-refractivity contribution in [1.82, 2.24) is 0 Å². The van der Waals surface area contributed by atoms with Crippen molar-refractivity contribution >= 4 is 11.4 Å². The second-order valence-electron chi connectivity index (χ2n) is 9.00. The molecule has 0 aromatic heterocycles. The van der Waals surface area contributed by atoms with Gasteiger partial charge in [-0.2, -0.15) is 13.2 Å². The lowest BCUT2D eigenvalue weighted by atomic mass is 9.93. The van der Waals surface area contributed by atoms with Crippen molar-refractivity contribution in [3.8, 4) is 11.5 Å². The molecule has 2 aromatic rings. The van der Waals surface area contributed by atoms with Crippen LogP contribution in [0.4, 0.5) is 24.5 Å². The number of rotatable bonds is 3. The fourth-order valence-electron chi connectivity index (χ4n) is 4.84. The van der Waals surface area contributed by atoms with Gasteiger partial charge in [0.05, 0.1) is 12.7 Å². The molecule has 0 amide bonds. The molecule has 0 radical (unpaired) electrons. The molecule has 4 nitrogen and oxygen atoms in total. The normalized spacial score (nSPS) is 18.1. The Balaban J connectivity index is 1.56. The zero-order valence-electron chi connectivity index (χ0n) is 18.7. The van der Waals surface area contributed by atoms with Gasteiger partial charge in [0.15, 0.2) is 11.5 Å². The number of alkyl halides is 3. The molecule has 1 saturated heterocycles. The van der Waals surface area contributed by atoms with Gasteiger partial charge >= 0.3 is 6.18 Å². The number of methoxy groups -OCH3 is 1. The molecule has 0 N–H and O–H groups in total. The molecule has 2 aliphatic heterocycles. The third kappa shape index (κ3) is 3.90. The van der Waals surface area contributed by atoms with Crippen LogP contribution in [-0.4, -0.2) is 38.9 Å². The van der Waals surface area contributed by atoms with Crippen molar-refractivity contribution in [1.29, 1.82) is 0 Å². The Bertz CT molecular complexity index is 976. The summed E-state index contributed by atoms with van der Waals surface area (Å²) in [4.78, 5) is 4.50. The quantitative estimate of drug-likeness (QED) is 0.648. The van der Waals surface area contributed by atoms with Gasteiger partial charge in [0.2, 0.25) is 0 Å². The van der Waals surface area contributed by atoms with Crippen LogP contribution in [0.3, 0.4) is 0 Å². The first-order valence-electron chi connectivity index (χ1n) is 10.6. The van der Waals surface area contributed by atoms with Gasteiger partial charge in [-0.3, -0.25) is 0 Å². The summed E-state index contributed by atoms with van der Waals surface area (Å²) in [5.74, 6) is 1.65. The summed E-state index contributed by atoms with van der Waals surface area (Å²) in [6, 6.07) is 5.44. The Hall–Kier alpha value is -2.57. The van der Waals surface area contributed by atoms with E-state index in [1.165, 1.54) is 16.8 Å². The highest BCUT2D eigenvalue weighted by Gasteiger charge is 2.37. The number of halogens is 3. The number of benzene rings is 2. The predicted octanol–water partition coefficient (Wildman–Crippen LogP) is 5.37. The number of piperazine rings is 1. The van der Waals surface area contributed by atoms with Gasteiger partial charge in [0.25, 0.3) is 0 Å². The molecule has 2 aromatic carbocycles. The molecule has 1 fully saturated rings. The summed E-state index contributed by atoms with van der Waals surface area (Å²) in [6.45, 7) is 11.4. The van der Waals surface area contributed by atoms with Crippen molar-refractivity contribution < 1.29 is 22.6 Å². The Morgan fingerprint density at radius 1 is 0.935 bits per heavy atom. The Kier molecular flexibility index (Phi) is 5.26. The largest absolute Gasteiger partial charge is 0.492 e. The second kappa shape index (κ2) is 7.53. The van der Waals surface area contributed by atoms with Gasteiger partial charge in [0, 0.05) is 55.1 Å². The number of anilines is 2. The van der Waals surface area contributed by atoms with Crippen LogP contribution in [0, 0.1) is 13.8 Å². The van der Waals surface area contributed by atoms with Crippen molar-refractivity contribution in [2.45, 2.75) is 45.9 Å². The van der Waals surface area contributed by atoms with Crippen LogP contribution in [0.15, 0.2) is 24.3 Å². The van der Waals surface area contributed by atoms with Crippen LogP contribution >= 0.6 is 0 Å². The van der Waals surface area contributed by atoms with Gasteiger partial charge in [-0.05, 0) is 57.5 Å². The molecule has 4 rings (SSSR count). The van der Waals surface area contributed by atoms with Crippen LogP contribution in [0.25, 0.3) is 0 Å². The summed E-state index contributed by atoms with van der Waals surface area (Å²) in [6.07, 6.45) is -3.47. The maximum Gasteiger partial charge on any atom is 0.416 e. The minimum Gasteiger partial charge on any atom is -0.492 e. The molecule has 0 aliphatic carbocycles. The average molecular weight is 435 g/mol. The van der Waals surface area contributed by atoms with E-state index in [0.29, 0.717) is 0 Å². The van der Waals surface area contributed by atoms with E-state index in [1.807, 2.05) is 0 Å². The topological polar surface area (TPSA) is 24.9 Å². The maximum absolute atomic E-state index is 12.8. The van der Waals surface area contributed by atoms with E-state index in [0.717, 1.165) is 67.5 Å². The molecule has 31 heavy (non-hydrogen) atoms. The van der Waals surface area contributed by atoms with Crippen molar-refractivity contribution in [3.63, 3.8) is 0 Å². The predicted molar refractivity (Wildman–Crippen MR) is 117 cm³/mol. The van der Waals surface area contributed by atoms with E-state index in [2.05, 4.69) is 37.5 Å². The summed E-state index contributed by atoms with van der Waals surface area (Å²) >= 11 is 0. The third-order valence-electron chi connectivity index (χ3n) is 6.32. The molecule has 0 spiro atoms. The van der Waals surface area contributed by atoms with Crippen molar-refractivity contribution in [2.75, 3.05) is 43.1 Å². The number of nitrogens with zero attached hydrogens (tertiary/aromatic N) is 2. The maximum atomic E-state index is 12.8. The highest BCUT2D eigenvalue weighted by molar-refractivity contribution is 5.73. The van der Waals surface area contributed by atoms with Crippen molar-refractivity contribution in [3.05, 3.63) is 46.5 Å². The van der Waals surface area contributed by atoms with Crippen LogP contribution < -0.4 is 19.3 Å². The average Bonchev–Trinajstić information content (AvgIpc) is 3.04. The number of hydrogen-bond acceptors (Lipinski definition) is 4. The monoisotopic (exact) mass is 434 g/mol. The van der Waals surface area contributed by atoms with E-state index >= 15 is 0 Å². The lowest BCUT2D eigenvalue weighted by Gasteiger charge is -2.39. The standard InChI is InChI=1S/C24H29F3N2O2/c1-15-19-14-23(3,4)31-22(19)21(30-5)16(2)20(15)29-12-10-28(11-13-29)18-8-6-17(7-9-18)24(25,26)27/h6-9H,10-14H2,1-5H3. The first-order valence-corrected chi connectivity index (χ1v) is 10.6. The molecular formula is C24H29F3N2O2. The van der Waals surface area contributed by atoms with Gasteiger partial charge in [-0.25, -0.2) is 0 Å². The summed E-state index contributed by atoms with van der Waals surface area (Å²) in [7, 11) is 1.68. The lowest BCUT2D eigenvalue weighted by Crippen LogP contribution is -2.47. The fraction of sp³-hybridized carbons (Fsp3) is 0.500. The van der Waals surface area contributed by atoms with E-state index in [4.69, 9.17) is 9.47 Å². The second-order valence-corrected chi connectivity index (χ2v) is 9.00. The highest BCUT2D eigenvalue weighted by Crippen LogP contribution is 2.50. The Morgan fingerprint density at radius 2 is 1.52 bits per heavy atom. The van der Waals surface area contributed by atoms with E-state index in [1.54, 1.807) is 19.2 Å². The SMILES string of the molecule is COc1c(C)c(N2CCN(c3ccc(C(F)(F)F)cc3)CC2)c(C)c2c1OC(C)(C)C2. The number of hydrogen-bond donors (Lipinski definition) is 0. The lowest BCUT2D eigenvalue weighted by molar-refractivity contribution is -0.137. The van der Waals surface area contributed by atoms with Gasteiger partial charge in [-0.15, -0.1) is 0 Å². The zero-order chi connectivity index (χ0) is 22.6. The van der Waals surface area contributed by atoms with Gasteiger partial charge in [0.1, 0.15) is 5.60 Å². The van der Waals surface area contributed by atoms with E-state index in [-0.39, 0.29) is 5.60 Å². The molecule has 0 atom stereocenters. The summed E-state index contributed by atoms with van der Waals surface area (Å²) in [5.41, 5.74) is 4.63. The summed E-state index contributed by atoms with van der Waals surface area (Å²) < 4.78 is 50.5. The molecule has 0 unspecified atom stereocenters. The van der Waals surface area contributed by atoms with Crippen LogP contribution in [0.5, 0.6) is 11.5 Å². The first-order chi connectivity index (χ1) is 14.5. The number of ether oxygens (including phenoxy) is 2. The van der Waals surface area contributed by atoms with Crippen LogP contribution in [-0.2, 0) is 12.6 Å². The van der Waals surface area contributed by atoms with Gasteiger partial charge < -0.3 is 19.3 Å². The fourth-order valence-corrected chi connectivity index (χ4v) is 4.84. The van der Waals surface area contributed by atoms with E-state index < -0.39 is 11.7 Å². The Labute approximate surface area is 181 Å². The molecular weight excluding hydrogens is 405 g/mol.